The van der Waals surface area contributed by atoms with Crippen molar-refractivity contribution in [2.45, 2.75) is 13.0 Å². The minimum absolute atomic E-state index is 0.0445. The highest BCUT2D eigenvalue weighted by atomic mass is 19.1. The molecule has 2 N–H and O–H groups in total. The lowest BCUT2D eigenvalue weighted by molar-refractivity contribution is 0.218. The van der Waals surface area contributed by atoms with Crippen LogP contribution in [-0.2, 0) is 7.05 Å². The molecule has 34 heavy (non-hydrogen) atoms. The van der Waals surface area contributed by atoms with Crippen molar-refractivity contribution in [3.63, 3.8) is 0 Å². The van der Waals surface area contributed by atoms with Crippen LogP contribution in [0.2, 0.25) is 0 Å². The number of nitrogens with zero attached hydrogens (tertiary/aromatic N) is 5. The highest BCUT2D eigenvalue weighted by Crippen LogP contribution is 2.38. The second kappa shape index (κ2) is 7.75. The van der Waals surface area contributed by atoms with E-state index in [1.807, 2.05) is 0 Å². The Hall–Kier alpha value is -4.08. The van der Waals surface area contributed by atoms with Crippen LogP contribution in [-0.4, -0.2) is 39.1 Å². The summed E-state index contributed by atoms with van der Waals surface area (Å²) < 4.78 is 45.1. The van der Waals surface area contributed by atoms with Crippen molar-refractivity contribution in [1.82, 2.24) is 19.4 Å². The van der Waals surface area contributed by atoms with Crippen molar-refractivity contribution in [3.05, 3.63) is 71.4 Å². The fourth-order valence-electron chi connectivity index (χ4n) is 4.50. The maximum absolute atomic E-state index is 15.3. The molecule has 1 saturated heterocycles. The molecule has 174 valence electrons. The van der Waals surface area contributed by atoms with Crippen LogP contribution in [0.4, 0.5) is 29.5 Å². The van der Waals surface area contributed by atoms with E-state index in [2.05, 4.69) is 9.97 Å². The van der Waals surface area contributed by atoms with Crippen molar-refractivity contribution < 1.29 is 18.0 Å². The van der Waals surface area contributed by atoms with Crippen LogP contribution in [0.15, 0.2) is 42.6 Å². The van der Waals surface area contributed by atoms with Crippen molar-refractivity contribution in [2.75, 3.05) is 24.2 Å². The molecule has 2 amide bonds. The summed E-state index contributed by atoms with van der Waals surface area (Å²) >= 11 is 0. The summed E-state index contributed by atoms with van der Waals surface area (Å²) in [4.78, 5) is 24.1. The van der Waals surface area contributed by atoms with Gasteiger partial charge in [0.15, 0.2) is 0 Å². The number of nitrogens with two attached hydrogens (primary N) is 1. The Bertz CT molecular complexity index is 1470. The predicted octanol–water partition coefficient (Wildman–Crippen LogP) is 4.56. The van der Waals surface area contributed by atoms with Gasteiger partial charge in [-0.1, -0.05) is 0 Å². The molecule has 4 aromatic rings. The maximum Gasteiger partial charge on any atom is 0.324 e. The van der Waals surface area contributed by atoms with E-state index in [9.17, 15) is 13.6 Å². The number of halogens is 3. The Kier molecular flexibility index (Phi) is 4.96. The van der Waals surface area contributed by atoms with E-state index in [0.717, 1.165) is 18.2 Å². The number of anilines is 2. The number of carbonyl (C=O) groups excluding carboxylic acids is 1. The van der Waals surface area contributed by atoms with Crippen LogP contribution in [0.1, 0.15) is 17.4 Å². The minimum Gasteiger partial charge on any atom is -0.383 e. The SMILES string of the molecule is Cc1nc(N)c2c(-c3ccc(N4CC(c5cc(F)ccc5F)N(C)C4=O)cc3F)cn(C)c2n1. The first-order valence-corrected chi connectivity index (χ1v) is 10.5. The van der Waals surface area contributed by atoms with Crippen molar-refractivity contribution in [1.29, 1.82) is 0 Å². The summed E-state index contributed by atoms with van der Waals surface area (Å²) in [5.74, 6) is -1.02. The molecule has 1 unspecified atom stereocenters. The summed E-state index contributed by atoms with van der Waals surface area (Å²) in [7, 11) is 3.29. The average molecular weight is 466 g/mol. The van der Waals surface area contributed by atoms with Gasteiger partial charge in [-0.2, -0.15) is 0 Å². The molecule has 5 rings (SSSR count). The molecule has 3 heterocycles. The van der Waals surface area contributed by atoms with Gasteiger partial charge in [-0.05, 0) is 43.3 Å². The summed E-state index contributed by atoms with van der Waals surface area (Å²) in [6.45, 7) is 1.77. The Morgan fingerprint density at radius 3 is 2.50 bits per heavy atom. The number of amides is 2. The normalized spacial score (nSPS) is 16.2. The number of urea groups is 1. The second-order valence-electron chi connectivity index (χ2n) is 8.36. The number of nitrogen functional groups attached to an aromatic ring is 1. The number of likely N-dealkylation sites (N-methyl/N-ethyl adjacent to an activating group) is 1. The molecule has 1 fully saturated rings. The van der Waals surface area contributed by atoms with Gasteiger partial charge in [-0.25, -0.2) is 27.9 Å². The molecule has 0 spiro atoms. The van der Waals surface area contributed by atoms with Crippen LogP contribution in [0.3, 0.4) is 0 Å². The molecular formula is C24H21F3N6O. The van der Waals surface area contributed by atoms with Gasteiger partial charge in [0.05, 0.1) is 18.0 Å². The number of aromatic nitrogens is 3. The van der Waals surface area contributed by atoms with Gasteiger partial charge in [0.1, 0.15) is 34.7 Å². The average Bonchev–Trinajstić information content (AvgIpc) is 3.26. The molecule has 2 aromatic heterocycles. The first-order valence-electron chi connectivity index (χ1n) is 10.5. The van der Waals surface area contributed by atoms with Crippen molar-refractivity contribution in [2.24, 2.45) is 7.05 Å². The molecule has 0 radical (unpaired) electrons. The molecule has 10 heteroatoms. The zero-order valence-corrected chi connectivity index (χ0v) is 18.7. The van der Waals surface area contributed by atoms with Gasteiger partial charge in [-0.15, -0.1) is 0 Å². The predicted molar refractivity (Wildman–Crippen MR) is 123 cm³/mol. The van der Waals surface area contributed by atoms with E-state index in [1.54, 1.807) is 36.9 Å². The topological polar surface area (TPSA) is 80.3 Å². The molecule has 1 aliphatic heterocycles. The molecular weight excluding hydrogens is 445 g/mol. The number of rotatable bonds is 3. The summed E-state index contributed by atoms with van der Waals surface area (Å²) in [6, 6.07) is 6.37. The minimum atomic E-state index is -0.718. The van der Waals surface area contributed by atoms with E-state index in [1.165, 1.54) is 22.9 Å². The van der Waals surface area contributed by atoms with Crippen LogP contribution < -0.4 is 10.6 Å². The Labute approximate surface area is 193 Å². The van der Waals surface area contributed by atoms with Gasteiger partial charge < -0.3 is 15.2 Å². The van der Waals surface area contributed by atoms with Crippen molar-refractivity contribution >= 4 is 28.6 Å². The van der Waals surface area contributed by atoms with Gasteiger partial charge in [0, 0.05) is 42.7 Å². The first-order chi connectivity index (χ1) is 16.2. The Morgan fingerprint density at radius 2 is 1.76 bits per heavy atom. The lowest BCUT2D eigenvalue weighted by atomic mass is 10.0. The number of aryl methyl sites for hydroxylation is 2. The molecule has 2 aromatic carbocycles. The van der Waals surface area contributed by atoms with E-state index in [4.69, 9.17) is 5.73 Å². The second-order valence-corrected chi connectivity index (χ2v) is 8.36. The molecule has 0 aliphatic carbocycles. The Balaban J connectivity index is 1.52. The molecule has 7 nitrogen and oxygen atoms in total. The number of hydrogen-bond acceptors (Lipinski definition) is 4. The third-order valence-electron chi connectivity index (χ3n) is 6.18. The molecule has 0 saturated carbocycles. The van der Waals surface area contributed by atoms with E-state index < -0.39 is 29.5 Å². The van der Waals surface area contributed by atoms with E-state index >= 15 is 4.39 Å². The zero-order valence-electron chi connectivity index (χ0n) is 18.7. The number of fused-ring (bicyclic) bond motifs is 1. The van der Waals surface area contributed by atoms with Gasteiger partial charge in [0.2, 0.25) is 0 Å². The van der Waals surface area contributed by atoms with Crippen LogP contribution in [0, 0.1) is 24.4 Å². The molecule has 1 aliphatic rings. The highest BCUT2D eigenvalue weighted by Gasteiger charge is 2.38. The van der Waals surface area contributed by atoms with Gasteiger partial charge in [-0.3, -0.25) is 4.90 Å². The third-order valence-corrected chi connectivity index (χ3v) is 6.18. The fourth-order valence-corrected chi connectivity index (χ4v) is 4.50. The smallest absolute Gasteiger partial charge is 0.324 e. The molecule has 0 bridgehead atoms. The Morgan fingerprint density at radius 1 is 1.00 bits per heavy atom. The lowest BCUT2D eigenvalue weighted by Crippen LogP contribution is -2.29. The number of hydrogen-bond donors (Lipinski definition) is 1. The zero-order chi connectivity index (χ0) is 24.3. The van der Waals surface area contributed by atoms with Gasteiger partial charge >= 0.3 is 6.03 Å². The summed E-state index contributed by atoms with van der Waals surface area (Å²) in [5.41, 5.74) is 7.88. The number of carbonyl (C=O) groups is 1. The van der Waals surface area contributed by atoms with Crippen LogP contribution >= 0.6 is 0 Å². The lowest BCUT2D eigenvalue weighted by Gasteiger charge is -2.18. The maximum atomic E-state index is 15.3. The first kappa shape index (κ1) is 21.7. The largest absolute Gasteiger partial charge is 0.383 e. The van der Waals surface area contributed by atoms with Gasteiger partial charge in [0.25, 0.3) is 0 Å². The molecule has 1 atom stereocenters. The number of benzene rings is 2. The monoisotopic (exact) mass is 466 g/mol. The van der Waals surface area contributed by atoms with Crippen molar-refractivity contribution in [3.8, 4) is 11.1 Å². The summed E-state index contributed by atoms with van der Waals surface area (Å²) in [6.07, 6.45) is 1.73. The quantitative estimate of drug-likeness (QED) is 0.480. The standard InChI is InChI=1S/C24H21F3N6O/c1-12-29-22(28)21-17(10-31(2)23(21)30-12)15-6-5-14(9-19(15)27)33-11-20(32(3)24(33)34)16-8-13(25)4-7-18(16)26/h4-10,20H,11H2,1-3H3,(H2,28,29,30). The van der Waals surface area contributed by atoms with Crippen LogP contribution in [0.25, 0.3) is 22.2 Å². The van der Waals surface area contributed by atoms with E-state index in [0.29, 0.717) is 28.1 Å². The third kappa shape index (κ3) is 3.33. The summed E-state index contributed by atoms with van der Waals surface area (Å²) in [5, 5.41) is 0.540. The highest BCUT2D eigenvalue weighted by molar-refractivity contribution is 6.01. The fraction of sp³-hybridized carbons (Fsp3) is 0.208. The van der Waals surface area contributed by atoms with E-state index in [-0.39, 0.29) is 23.5 Å². The van der Waals surface area contributed by atoms with Crippen LogP contribution in [0.5, 0.6) is 0 Å².